The second kappa shape index (κ2) is 7.46. The van der Waals surface area contributed by atoms with Crippen LogP contribution in [0.5, 0.6) is 0 Å². The van der Waals surface area contributed by atoms with Crippen LogP contribution in [0.3, 0.4) is 0 Å². The highest BCUT2D eigenvalue weighted by Gasteiger charge is 2.38. The summed E-state index contributed by atoms with van der Waals surface area (Å²) in [5.74, 6) is 1.99. The summed E-state index contributed by atoms with van der Waals surface area (Å²) < 4.78 is 0. The maximum atomic E-state index is 3.80. The van der Waals surface area contributed by atoms with E-state index >= 15 is 0 Å². The number of hydrogen-bond donors (Lipinski definition) is 1. The van der Waals surface area contributed by atoms with Gasteiger partial charge in [0.25, 0.3) is 0 Å². The summed E-state index contributed by atoms with van der Waals surface area (Å²) in [5.41, 5.74) is 0. The molecule has 2 heteroatoms. The van der Waals surface area contributed by atoms with Crippen molar-refractivity contribution in [1.82, 2.24) is 10.2 Å². The van der Waals surface area contributed by atoms with Crippen LogP contribution >= 0.6 is 0 Å². The minimum absolute atomic E-state index is 0.808. The Morgan fingerprint density at radius 3 is 2.24 bits per heavy atom. The Bertz CT molecular complexity index is 295. The van der Waals surface area contributed by atoms with Gasteiger partial charge in [0, 0.05) is 24.7 Å². The van der Waals surface area contributed by atoms with Crippen molar-refractivity contribution >= 4 is 0 Å². The average Bonchev–Trinajstić information content (AvgIpc) is 2.47. The molecule has 3 fully saturated rings. The number of hydrogen-bond acceptors (Lipinski definition) is 2. The first-order valence-corrected chi connectivity index (χ1v) is 9.75. The van der Waals surface area contributed by atoms with Crippen molar-refractivity contribution in [2.75, 3.05) is 13.1 Å². The van der Waals surface area contributed by atoms with E-state index in [-0.39, 0.29) is 0 Å². The third-order valence-electron chi connectivity index (χ3n) is 6.41. The SMILES string of the molecule is CCCNC1CC2CCCC(C1)N2CC1CCC(C)CC1. The zero-order valence-corrected chi connectivity index (χ0v) is 14.3. The highest BCUT2D eigenvalue weighted by molar-refractivity contribution is 4.95. The van der Waals surface area contributed by atoms with Gasteiger partial charge < -0.3 is 5.32 Å². The lowest BCUT2D eigenvalue weighted by Crippen LogP contribution is -2.57. The maximum absolute atomic E-state index is 3.80. The summed E-state index contributed by atoms with van der Waals surface area (Å²) in [4.78, 5) is 2.95. The normalized spacial score (nSPS) is 41.1. The van der Waals surface area contributed by atoms with Crippen molar-refractivity contribution in [1.29, 1.82) is 0 Å². The van der Waals surface area contributed by atoms with Gasteiger partial charge >= 0.3 is 0 Å². The number of piperidine rings is 2. The molecule has 0 amide bonds. The van der Waals surface area contributed by atoms with E-state index in [9.17, 15) is 0 Å². The molecule has 1 saturated carbocycles. The molecule has 2 saturated heterocycles. The smallest absolute Gasteiger partial charge is 0.0113 e. The largest absolute Gasteiger partial charge is 0.314 e. The molecule has 3 rings (SSSR count). The Labute approximate surface area is 132 Å². The minimum Gasteiger partial charge on any atom is -0.314 e. The fourth-order valence-corrected chi connectivity index (χ4v) is 5.10. The summed E-state index contributed by atoms with van der Waals surface area (Å²) >= 11 is 0. The highest BCUT2D eigenvalue weighted by Crippen LogP contribution is 2.37. The molecular formula is C19H36N2. The van der Waals surface area contributed by atoms with Gasteiger partial charge in [-0.3, -0.25) is 4.90 Å². The Hall–Kier alpha value is -0.0800. The molecule has 2 bridgehead atoms. The maximum Gasteiger partial charge on any atom is 0.0113 e. The van der Waals surface area contributed by atoms with E-state index in [4.69, 9.17) is 0 Å². The third-order valence-corrected chi connectivity index (χ3v) is 6.41. The van der Waals surface area contributed by atoms with Crippen LogP contribution in [0.25, 0.3) is 0 Å². The molecule has 2 atom stereocenters. The zero-order valence-electron chi connectivity index (χ0n) is 14.3. The van der Waals surface area contributed by atoms with Crippen molar-refractivity contribution in [3.05, 3.63) is 0 Å². The van der Waals surface area contributed by atoms with Gasteiger partial charge in [0.05, 0.1) is 0 Å². The fourth-order valence-electron chi connectivity index (χ4n) is 5.10. The molecule has 122 valence electrons. The summed E-state index contributed by atoms with van der Waals surface area (Å²) in [7, 11) is 0. The number of nitrogens with zero attached hydrogens (tertiary/aromatic N) is 1. The Morgan fingerprint density at radius 1 is 0.952 bits per heavy atom. The molecule has 1 N–H and O–H groups in total. The van der Waals surface area contributed by atoms with Gasteiger partial charge in [0.15, 0.2) is 0 Å². The number of rotatable bonds is 5. The van der Waals surface area contributed by atoms with E-state index < -0.39 is 0 Å². The average molecular weight is 293 g/mol. The van der Waals surface area contributed by atoms with Crippen LogP contribution in [-0.2, 0) is 0 Å². The van der Waals surface area contributed by atoms with Crippen molar-refractivity contribution in [3.63, 3.8) is 0 Å². The Morgan fingerprint density at radius 2 is 1.62 bits per heavy atom. The molecule has 0 spiro atoms. The molecule has 2 aliphatic heterocycles. The summed E-state index contributed by atoms with van der Waals surface area (Å²) in [5, 5.41) is 3.80. The monoisotopic (exact) mass is 292 g/mol. The van der Waals surface area contributed by atoms with Crippen molar-refractivity contribution in [2.45, 2.75) is 96.2 Å². The van der Waals surface area contributed by atoms with Crippen LogP contribution in [0.1, 0.15) is 78.1 Å². The highest BCUT2D eigenvalue weighted by atomic mass is 15.2. The van der Waals surface area contributed by atoms with E-state index in [0.717, 1.165) is 30.0 Å². The summed E-state index contributed by atoms with van der Waals surface area (Å²) in [6.45, 7) is 7.36. The molecule has 0 aromatic heterocycles. The van der Waals surface area contributed by atoms with Gasteiger partial charge in [-0.05, 0) is 63.3 Å². The van der Waals surface area contributed by atoms with Gasteiger partial charge in [-0.2, -0.15) is 0 Å². The number of nitrogens with one attached hydrogen (secondary N) is 1. The Balaban J connectivity index is 1.53. The van der Waals surface area contributed by atoms with Gasteiger partial charge in [0.2, 0.25) is 0 Å². The first-order chi connectivity index (χ1) is 10.3. The van der Waals surface area contributed by atoms with Crippen LogP contribution in [0.2, 0.25) is 0 Å². The first kappa shape index (κ1) is 15.8. The second-order valence-electron chi connectivity index (χ2n) is 8.18. The third kappa shape index (κ3) is 4.01. The van der Waals surface area contributed by atoms with Crippen molar-refractivity contribution < 1.29 is 0 Å². The standard InChI is InChI=1S/C19H36N2/c1-3-11-20-17-12-18-5-4-6-19(13-17)21(18)14-16-9-7-15(2)8-10-16/h15-20H,3-14H2,1-2H3. The lowest BCUT2D eigenvalue weighted by Gasteiger charge is -2.50. The molecule has 0 aromatic carbocycles. The predicted molar refractivity (Wildman–Crippen MR) is 90.6 cm³/mol. The molecule has 21 heavy (non-hydrogen) atoms. The van der Waals surface area contributed by atoms with E-state index in [1.54, 1.807) is 0 Å². The van der Waals surface area contributed by atoms with E-state index in [0.29, 0.717) is 0 Å². The minimum atomic E-state index is 0.808. The van der Waals surface area contributed by atoms with Crippen LogP contribution in [0, 0.1) is 11.8 Å². The summed E-state index contributed by atoms with van der Waals surface area (Å²) in [6, 6.07) is 2.60. The van der Waals surface area contributed by atoms with Gasteiger partial charge in [-0.15, -0.1) is 0 Å². The van der Waals surface area contributed by atoms with E-state index in [1.807, 2.05) is 0 Å². The topological polar surface area (TPSA) is 15.3 Å². The molecule has 0 aromatic rings. The van der Waals surface area contributed by atoms with Crippen LogP contribution in [0.15, 0.2) is 0 Å². The molecule has 2 nitrogen and oxygen atoms in total. The van der Waals surface area contributed by atoms with Crippen molar-refractivity contribution in [2.24, 2.45) is 11.8 Å². The first-order valence-electron chi connectivity index (χ1n) is 9.75. The van der Waals surface area contributed by atoms with Crippen LogP contribution in [0.4, 0.5) is 0 Å². The quantitative estimate of drug-likeness (QED) is 0.817. The number of fused-ring (bicyclic) bond motifs is 2. The zero-order chi connectivity index (χ0) is 14.7. The van der Waals surface area contributed by atoms with Gasteiger partial charge in [-0.25, -0.2) is 0 Å². The summed E-state index contributed by atoms with van der Waals surface area (Å²) in [6.07, 6.45) is 14.5. The molecule has 2 unspecified atom stereocenters. The Kier molecular flexibility index (Phi) is 5.61. The van der Waals surface area contributed by atoms with Gasteiger partial charge in [-0.1, -0.05) is 33.1 Å². The molecule has 3 aliphatic rings. The molecule has 0 radical (unpaired) electrons. The molecule has 1 aliphatic carbocycles. The lowest BCUT2D eigenvalue weighted by atomic mass is 9.78. The lowest BCUT2D eigenvalue weighted by molar-refractivity contribution is 0.00632. The second-order valence-corrected chi connectivity index (χ2v) is 8.18. The van der Waals surface area contributed by atoms with E-state index in [2.05, 4.69) is 24.1 Å². The fraction of sp³-hybridized carbons (Fsp3) is 1.00. The van der Waals surface area contributed by atoms with E-state index in [1.165, 1.54) is 77.3 Å². The van der Waals surface area contributed by atoms with Crippen LogP contribution in [-0.4, -0.2) is 36.1 Å². The van der Waals surface area contributed by atoms with Crippen LogP contribution < -0.4 is 5.32 Å². The van der Waals surface area contributed by atoms with Crippen molar-refractivity contribution in [3.8, 4) is 0 Å². The predicted octanol–water partition coefficient (Wildman–Crippen LogP) is 4.20. The molecule has 2 heterocycles. The van der Waals surface area contributed by atoms with Gasteiger partial charge in [0.1, 0.15) is 0 Å². The molecular weight excluding hydrogens is 256 g/mol.